The van der Waals surface area contributed by atoms with Crippen molar-refractivity contribution >= 4 is 28.5 Å². The van der Waals surface area contributed by atoms with E-state index in [9.17, 15) is 19.2 Å². The molecule has 1 unspecified atom stereocenters. The van der Waals surface area contributed by atoms with Crippen LogP contribution in [-0.2, 0) is 16.1 Å². The van der Waals surface area contributed by atoms with E-state index in [0.29, 0.717) is 55.4 Å². The molecule has 10 nitrogen and oxygen atoms in total. The van der Waals surface area contributed by atoms with Crippen LogP contribution in [0.15, 0.2) is 27.8 Å². The highest BCUT2D eigenvalue weighted by Crippen LogP contribution is 2.30. The summed E-state index contributed by atoms with van der Waals surface area (Å²) in [7, 11) is 0. The molecule has 1 aromatic heterocycles. The number of urea groups is 1. The van der Waals surface area contributed by atoms with Crippen molar-refractivity contribution in [2.75, 3.05) is 31.6 Å². The van der Waals surface area contributed by atoms with Crippen LogP contribution in [0.25, 0.3) is 10.9 Å². The summed E-state index contributed by atoms with van der Waals surface area (Å²) in [5.41, 5.74) is 0.492. The van der Waals surface area contributed by atoms with Gasteiger partial charge in [-0.05, 0) is 76.5 Å². The predicted octanol–water partition coefficient (Wildman–Crippen LogP) is 2.69. The van der Waals surface area contributed by atoms with E-state index in [2.05, 4.69) is 10.6 Å². The normalized spacial score (nSPS) is 20.8. The minimum absolute atomic E-state index is 0.0252. The van der Waals surface area contributed by atoms with Crippen LogP contribution in [0.4, 0.5) is 10.5 Å². The lowest BCUT2D eigenvalue weighted by Gasteiger charge is -2.34. The highest BCUT2D eigenvalue weighted by molar-refractivity contribution is 5.92. The van der Waals surface area contributed by atoms with Crippen LogP contribution >= 0.6 is 0 Å². The molecule has 0 radical (unpaired) electrons. The number of carbonyl (C=O) groups excluding carboxylic acids is 2. The number of anilines is 1. The Balaban J connectivity index is 1.31. The molecule has 0 bridgehead atoms. The summed E-state index contributed by atoms with van der Waals surface area (Å²) < 4.78 is 8.35. The van der Waals surface area contributed by atoms with Crippen LogP contribution in [0.1, 0.15) is 58.4 Å². The molecule has 3 amide bonds. The number of hydrogen-bond acceptors (Lipinski definition) is 5. The van der Waals surface area contributed by atoms with Crippen molar-refractivity contribution in [3.05, 3.63) is 39.0 Å². The van der Waals surface area contributed by atoms with Crippen LogP contribution in [-0.4, -0.2) is 58.3 Å². The number of carbonyl (C=O) groups is 2. The van der Waals surface area contributed by atoms with Gasteiger partial charge in [-0.2, -0.15) is 0 Å². The summed E-state index contributed by atoms with van der Waals surface area (Å²) in [6.07, 6.45) is 5.18. The number of likely N-dealkylation sites (tertiary alicyclic amines) is 1. The Bertz CT molecular complexity index is 1290. The van der Waals surface area contributed by atoms with E-state index in [-0.39, 0.29) is 41.2 Å². The molecule has 37 heavy (non-hydrogen) atoms. The summed E-state index contributed by atoms with van der Waals surface area (Å²) in [6.45, 7) is 6.56. The van der Waals surface area contributed by atoms with Crippen molar-refractivity contribution in [3.63, 3.8) is 0 Å². The van der Waals surface area contributed by atoms with Crippen LogP contribution in [0, 0.1) is 11.8 Å². The van der Waals surface area contributed by atoms with E-state index in [1.165, 1.54) is 4.57 Å². The second-order valence-electron chi connectivity index (χ2n) is 10.9. The lowest BCUT2D eigenvalue weighted by molar-refractivity contribution is -0.128. The number of aromatic nitrogens is 2. The zero-order valence-corrected chi connectivity index (χ0v) is 21.7. The van der Waals surface area contributed by atoms with Crippen molar-refractivity contribution in [2.45, 2.75) is 71.0 Å². The quantitative estimate of drug-likeness (QED) is 0.619. The molecule has 1 aromatic carbocycles. The molecule has 1 aliphatic carbocycles. The first-order valence-corrected chi connectivity index (χ1v) is 13.5. The molecule has 200 valence electrons. The highest BCUT2D eigenvalue weighted by atomic mass is 16.5. The van der Waals surface area contributed by atoms with Crippen LogP contribution in [0.3, 0.4) is 0 Å². The monoisotopic (exact) mass is 511 g/mol. The Morgan fingerprint density at radius 1 is 1.08 bits per heavy atom. The van der Waals surface area contributed by atoms with E-state index in [4.69, 9.17) is 4.74 Å². The van der Waals surface area contributed by atoms with E-state index in [0.717, 1.165) is 38.5 Å². The SMILES string of the molecule is CC(C)n1c(=O)n(CC2CC2)c(=O)c2cc(NC(=O)N3CCCC(NC(=O)C4CCOCC4)C3)ccc21. The highest BCUT2D eigenvalue weighted by Gasteiger charge is 2.29. The molecule has 3 fully saturated rings. The van der Waals surface area contributed by atoms with E-state index >= 15 is 0 Å². The van der Waals surface area contributed by atoms with Gasteiger partial charge in [0.25, 0.3) is 5.56 Å². The minimum Gasteiger partial charge on any atom is -0.381 e. The zero-order chi connectivity index (χ0) is 26.1. The predicted molar refractivity (Wildman–Crippen MR) is 141 cm³/mol. The van der Waals surface area contributed by atoms with Gasteiger partial charge in [0.15, 0.2) is 0 Å². The molecule has 1 saturated carbocycles. The molecule has 3 heterocycles. The first-order valence-electron chi connectivity index (χ1n) is 13.5. The second-order valence-corrected chi connectivity index (χ2v) is 10.9. The average molecular weight is 512 g/mol. The van der Waals surface area contributed by atoms with Gasteiger partial charge in [-0.15, -0.1) is 0 Å². The summed E-state index contributed by atoms with van der Waals surface area (Å²) >= 11 is 0. The third-order valence-corrected chi connectivity index (χ3v) is 7.72. The molecule has 10 heteroatoms. The molecular formula is C27H37N5O5. The van der Waals surface area contributed by atoms with Crippen LogP contribution < -0.4 is 21.9 Å². The molecule has 5 rings (SSSR count). The molecule has 2 aliphatic heterocycles. The standard InChI is InChI=1S/C27H37N5O5/c1-17(2)32-23-8-7-20(14-22(23)25(34)31(27(32)36)15-18-5-6-18)29-26(35)30-11-3-4-21(16-30)28-24(33)19-9-12-37-13-10-19/h7-8,14,17-19,21H,3-6,9-13,15-16H2,1-2H3,(H,28,33)(H,29,35). The smallest absolute Gasteiger partial charge is 0.331 e. The summed E-state index contributed by atoms with van der Waals surface area (Å²) in [4.78, 5) is 53.9. The van der Waals surface area contributed by atoms with Gasteiger partial charge in [0.05, 0.1) is 10.9 Å². The maximum atomic E-state index is 13.3. The van der Waals surface area contributed by atoms with Crippen molar-refractivity contribution in [1.82, 2.24) is 19.4 Å². The van der Waals surface area contributed by atoms with Crippen molar-refractivity contribution in [1.29, 1.82) is 0 Å². The number of fused-ring (bicyclic) bond motifs is 1. The van der Waals surface area contributed by atoms with Gasteiger partial charge in [0.1, 0.15) is 0 Å². The number of piperidine rings is 1. The fourth-order valence-corrected chi connectivity index (χ4v) is 5.44. The Morgan fingerprint density at radius 3 is 2.54 bits per heavy atom. The van der Waals surface area contributed by atoms with Gasteiger partial charge in [0.2, 0.25) is 5.91 Å². The van der Waals surface area contributed by atoms with Gasteiger partial charge >= 0.3 is 11.7 Å². The van der Waals surface area contributed by atoms with Gasteiger partial charge < -0.3 is 20.3 Å². The molecule has 2 aromatic rings. The largest absolute Gasteiger partial charge is 0.381 e. The average Bonchev–Trinajstić information content (AvgIpc) is 3.72. The number of ether oxygens (including phenoxy) is 1. The van der Waals surface area contributed by atoms with Gasteiger partial charge in [-0.25, -0.2) is 9.59 Å². The molecule has 0 spiro atoms. The Hall–Kier alpha value is -3.14. The van der Waals surface area contributed by atoms with Crippen molar-refractivity contribution < 1.29 is 14.3 Å². The molecule has 2 saturated heterocycles. The van der Waals surface area contributed by atoms with Crippen molar-refractivity contribution in [2.24, 2.45) is 11.8 Å². The summed E-state index contributed by atoms with van der Waals surface area (Å²) in [6, 6.07) is 4.69. The Morgan fingerprint density at radius 2 is 1.84 bits per heavy atom. The number of amides is 3. The molecule has 2 N–H and O–H groups in total. The molecule has 3 aliphatic rings. The van der Waals surface area contributed by atoms with Crippen molar-refractivity contribution in [3.8, 4) is 0 Å². The Kier molecular flexibility index (Phi) is 7.37. The fraction of sp³-hybridized carbons (Fsp3) is 0.630. The number of nitrogens with zero attached hydrogens (tertiary/aromatic N) is 3. The van der Waals surface area contributed by atoms with Gasteiger partial charge in [0, 0.05) is 56.5 Å². The summed E-state index contributed by atoms with van der Waals surface area (Å²) in [5, 5.41) is 6.47. The Labute approximate surface area is 216 Å². The third kappa shape index (κ3) is 5.58. The van der Waals surface area contributed by atoms with E-state index < -0.39 is 0 Å². The lowest BCUT2D eigenvalue weighted by atomic mass is 9.98. The molecular weight excluding hydrogens is 474 g/mol. The van der Waals surface area contributed by atoms with E-state index in [1.54, 1.807) is 27.7 Å². The number of nitrogens with one attached hydrogen (secondary N) is 2. The van der Waals surface area contributed by atoms with Gasteiger partial charge in [-0.1, -0.05) is 0 Å². The summed E-state index contributed by atoms with van der Waals surface area (Å²) in [5.74, 6) is 0.400. The topological polar surface area (TPSA) is 115 Å². The maximum Gasteiger partial charge on any atom is 0.331 e. The molecule has 1 atom stereocenters. The van der Waals surface area contributed by atoms with E-state index in [1.807, 2.05) is 13.8 Å². The fourth-order valence-electron chi connectivity index (χ4n) is 5.44. The first kappa shape index (κ1) is 25.5. The van der Waals surface area contributed by atoms with Gasteiger partial charge in [-0.3, -0.25) is 18.7 Å². The maximum absolute atomic E-state index is 13.3. The number of benzene rings is 1. The number of rotatable bonds is 6. The van der Waals surface area contributed by atoms with Crippen LogP contribution in [0.5, 0.6) is 0 Å². The third-order valence-electron chi connectivity index (χ3n) is 7.72. The minimum atomic E-state index is -0.311. The van der Waals surface area contributed by atoms with Crippen LogP contribution in [0.2, 0.25) is 0 Å². The first-order chi connectivity index (χ1) is 17.8. The zero-order valence-electron chi connectivity index (χ0n) is 21.7. The lowest BCUT2D eigenvalue weighted by Crippen LogP contribution is -2.52. The second kappa shape index (κ2) is 10.7. The number of hydrogen-bond donors (Lipinski definition) is 2.